The molecule has 0 radical (unpaired) electrons. The van der Waals surface area contributed by atoms with Gasteiger partial charge in [-0.3, -0.25) is 4.79 Å². The molecule has 2 aromatic rings. The summed E-state index contributed by atoms with van der Waals surface area (Å²) in [6.45, 7) is 1.71. The van der Waals surface area contributed by atoms with Crippen molar-refractivity contribution < 1.29 is 18.0 Å². The fourth-order valence-electron chi connectivity index (χ4n) is 1.64. The lowest BCUT2D eigenvalue weighted by molar-refractivity contribution is -0.137. The number of Topliss-reactive ketones (excluding diaryl/α,β-unsaturated/α-hetero) is 1. The number of nitrogens with zero attached hydrogens (tertiary/aromatic N) is 1. The Balaban J connectivity index is 2.35. The lowest BCUT2D eigenvalue weighted by Gasteiger charge is -2.06. The minimum atomic E-state index is -4.35. The molecule has 0 aliphatic heterocycles. The predicted octanol–water partition coefficient (Wildman–Crippen LogP) is 4.71. The van der Waals surface area contributed by atoms with E-state index in [1.807, 2.05) is 0 Å². The Bertz CT molecular complexity index is 634. The topological polar surface area (TPSA) is 30.0 Å². The maximum Gasteiger partial charge on any atom is 0.416 e. The van der Waals surface area contributed by atoms with E-state index < -0.39 is 11.7 Å². The summed E-state index contributed by atoms with van der Waals surface area (Å²) in [6.07, 6.45) is -4.35. The van der Waals surface area contributed by atoms with Crippen molar-refractivity contribution >= 4 is 33.0 Å². The molecule has 2 rings (SSSR count). The number of thiazole rings is 1. The van der Waals surface area contributed by atoms with Gasteiger partial charge in [0, 0.05) is 5.56 Å². The number of benzene rings is 1. The molecule has 20 heavy (non-hydrogen) atoms. The van der Waals surface area contributed by atoms with E-state index in [-0.39, 0.29) is 11.1 Å². The van der Waals surface area contributed by atoms with Gasteiger partial charge in [0.1, 0.15) is 5.01 Å². The van der Waals surface area contributed by atoms with Gasteiger partial charge in [-0.2, -0.15) is 13.2 Å². The van der Waals surface area contributed by atoms with E-state index in [0.717, 1.165) is 12.1 Å². The van der Waals surface area contributed by atoms with E-state index in [9.17, 15) is 18.0 Å². The summed E-state index contributed by atoms with van der Waals surface area (Å²) in [5, 5.41) is 0.739. The molecule has 0 fully saturated rings. The lowest BCUT2D eigenvalue weighted by atomic mass is 10.1. The average molecular weight is 364 g/mol. The van der Waals surface area contributed by atoms with Crippen LogP contribution in [0.1, 0.15) is 20.9 Å². The number of carbonyl (C=O) groups is 1. The van der Waals surface area contributed by atoms with E-state index >= 15 is 0 Å². The quantitative estimate of drug-likeness (QED) is 0.583. The van der Waals surface area contributed by atoms with Crippen molar-refractivity contribution in [3.63, 3.8) is 0 Å². The van der Waals surface area contributed by atoms with Gasteiger partial charge in [-0.05, 0) is 19.1 Å². The Morgan fingerprint density at radius 1 is 1.30 bits per heavy atom. The van der Waals surface area contributed by atoms with Gasteiger partial charge in [-0.15, -0.1) is 11.3 Å². The molecule has 2 nitrogen and oxygen atoms in total. The molecule has 0 unspecified atom stereocenters. The van der Waals surface area contributed by atoms with Crippen LogP contribution in [-0.2, 0) is 6.18 Å². The first kappa shape index (κ1) is 15.2. The zero-order valence-corrected chi connectivity index (χ0v) is 12.7. The van der Waals surface area contributed by atoms with Gasteiger partial charge in [0.05, 0.1) is 21.5 Å². The molecular formula is C13H9BrF3NOS. The molecule has 106 valence electrons. The normalized spacial score (nSPS) is 11.7. The Morgan fingerprint density at radius 3 is 2.40 bits per heavy atom. The highest BCUT2D eigenvalue weighted by atomic mass is 79.9. The SMILES string of the molecule is Cc1nc(-c2ccc(C(F)(F)F)cc2)sc1C(=O)CBr. The summed E-state index contributed by atoms with van der Waals surface area (Å²) in [4.78, 5) is 16.4. The Hall–Kier alpha value is -1.21. The van der Waals surface area contributed by atoms with E-state index in [0.29, 0.717) is 21.1 Å². The average Bonchev–Trinajstić information content (AvgIpc) is 2.79. The van der Waals surface area contributed by atoms with Crippen molar-refractivity contribution in [2.75, 3.05) is 5.33 Å². The molecule has 0 aliphatic rings. The minimum Gasteiger partial charge on any atom is -0.292 e. The van der Waals surface area contributed by atoms with Gasteiger partial charge >= 0.3 is 6.18 Å². The molecule has 0 spiro atoms. The van der Waals surface area contributed by atoms with Crippen LogP contribution < -0.4 is 0 Å². The van der Waals surface area contributed by atoms with Crippen LogP contribution in [0.4, 0.5) is 13.2 Å². The highest BCUT2D eigenvalue weighted by Crippen LogP contribution is 2.33. The van der Waals surface area contributed by atoms with Gasteiger partial charge in [0.15, 0.2) is 5.78 Å². The third kappa shape index (κ3) is 3.09. The first-order valence-electron chi connectivity index (χ1n) is 5.57. The zero-order chi connectivity index (χ0) is 14.9. The van der Waals surface area contributed by atoms with Crippen molar-refractivity contribution in [3.05, 3.63) is 40.4 Å². The monoisotopic (exact) mass is 363 g/mol. The molecule has 0 amide bonds. The van der Waals surface area contributed by atoms with Crippen molar-refractivity contribution in [2.24, 2.45) is 0 Å². The highest BCUT2D eigenvalue weighted by Gasteiger charge is 2.30. The molecule has 0 N–H and O–H groups in total. The van der Waals surface area contributed by atoms with Crippen LogP contribution in [0, 0.1) is 6.92 Å². The minimum absolute atomic E-state index is 0.0850. The smallest absolute Gasteiger partial charge is 0.292 e. The molecule has 0 aliphatic carbocycles. The predicted molar refractivity (Wildman–Crippen MR) is 75.4 cm³/mol. The summed E-state index contributed by atoms with van der Waals surface area (Å²) < 4.78 is 37.4. The van der Waals surface area contributed by atoms with Crippen LogP contribution >= 0.6 is 27.3 Å². The number of alkyl halides is 4. The molecule has 7 heteroatoms. The Labute approximate surface area is 125 Å². The largest absolute Gasteiger partial charge is 0.416 e. The molecule has 0 bridgehead atoms. The van der Waals surface area contributed by atoms with Gasteiger partial charge < -0.3 is 0 Å². The van der Waals surface area contributed by atoms with Crippen molar-refractivity contribution in [1.29, 1.82) is 0 Å². The fraction of sp³-hybridized carbons (Fsp3) is 0.231. The summed E-state index contributed by atoms with van der Waals surface area (Å²) in [7, 11) is 0. The molecule has 0 saturated heterocycles. The molecule has 0 saturated carbocycles. The van der Waals surface area contributed by atoms with Crippen molar-refractivity contribution in [2.45, 2.75) is 13.1 Å². The maximum absolute atomic E-state index is 12.5. The van der Waals surface area contributed by atoms with E-state index in [1.165, 1.54) is 23.5 Å². The highest BCUT2D eigenvalue weighted by molar-refractivity contribution is 9.09. The number of rotatable bonds is 3. The summed E-state index contributed by atoms with van der Waals surface area (Å²) in [5.41, 5.74) is 0.459. The summed E-state index contributed by atoms with van der Waals surface area (Å²) >= 11 is 4.27. The first-order chi connectivity index (χ1) is 9.32. The number of aromatic nitrogens is 1. The van der Waals surface area contributed by atoms with Crippen molar-refractivity contribution in [3.8, 4) is 10.6 Å². The number of hydrogen-bond acceptors (Lipinski definition) is 3. The molecular weight excluding hydrogens is 355 g/mol. The third-order valence-electron chi connectivity index (χ3n) is 2.63. The van der Waals surface area contributed by atoms with E-state index in [2.05, 4.69) is 20.9 Å². The number of hydrogen-bond donors (Lipinski definition) is 0. The standard InChI is InChI=1S/C13H9BrF3NOS/c1-7-11(10(19)6-14)20-12(18-7)8-2-4-9(5-3-8)13(15,16)17/h2-5H,6H2,1H3. The third-order valence-corrected chi connectivity index (χ3v) is 4.39. The van der Waals surface area contributed by atoms with Crippen LogP contribution in [-0.4, -0.2) is 16.1 Å². The molecule has 0 atom stereocenters. The molecule has 1 heterocycles. The van der Waals surface area contributed by atoms with Crippen LogP contribution in [0.5, 0.6) is 0 Å². The molecule has 1 aromatic carbocycles. The maximum atomic E-state index is 12.5. The first-order valence-corrected chi connectivity index (χ1v) is 7.51. The van der Waals surface area contributed by atoms with Gasteiger partial charge in [0.25, 0.3) is 0 Å². The Kier molecular flexibility index (Phi) is 4.29. The lowest BCUT2D eigenvalue weighted by Crippen LogP contribution is -2.03. The number of halogens is 4. The number of carbonyl (C=O) groups excluding carboxylic acids is 1. The van der Waals surface area contributed by atoms with E-state index in [1.54, 1.807) is 6.92 Å². The van der Waals surface area contributed by atoms with Gasteiger partial charge in [-0.1, -0.05) is 28.1 Å². The van der Waals surface area contributed by atoms with Crippen LogP contribution in [0.2, 0.25) is 0 Å². The summed E-state index contributed by atoms with van der Waals surface area (Å²) in [5.74, 6) is -0.0850. The van der Waals surface area contributed by atoms with E-state index in [4.69, 9.17) is 0 Å². The van der Waals surface area contributed by atoms with Crippen molar-refractivity contribution in [1.82, 2.24) is 4.98 Å². The fourth-order valence-corrected chi connectivity index (χ4v) is 3.12. The number of ketones is 1. The zero-order valence-electron chi connectivity index (χ0n) is 10.3. The second-order valence-electron chi connectivity index (χ2n) is 4.07. The van der Waals surface area contributed by atoms with Crippen LogP contribution in [0.3, 0.4) is 0 Å². The second kappa shape index (κ2) is 5.65. The van der Waals surface area contributed by atoms with Gasteiger partial charge in [0.2, 0.25) is 0 Å². The number of aryl methyl sites for hydroxylation is 1. The van der Waals surface area contributed by atoms with Gasteiger partial charge in [-0.25, -0.2) is 4.98 Å². The van der Waals surface area contributed by atoms with Crippen LogP contribution in [0.25, 0.3) is 10.6 Å². The Morgan fingerprint density at radius 2 is 1.90 bits per heavy atom. The summed E-state index contributed by atoms with van der Waals surface area (Å²) in [6, 6.07) is 4.75. The second-order valence-corrected chi connectivity index (χ2v) is 5.63. The van der Waals surface area contributed by atoms with Crippen LogP contribution in [0.15, 0.2) is 24.3 Å². The molecule has 1 aromatic heterocycles.